The molecule has 0 bridgehead atoms. The van der Waals surface area contributed by atoms with E-state index in [2.05, 4.69) is 32.7 Å². The van der Waals surface area contributed by atoms with Crippen LogP contribution in [0.25, 0.3) is 0 Å². The highest BCUT2D eigenvalue weighted by atomic mass is 79.9. The molecule has 1 aliphatic heterocycles. The number of nitrogens with zero attached hydrogens (tertiary/aromatic N) is 2. The monoisotopic (exact) mass is 312 g/mol. The van der Waals surface area contributed by atoms with Crippen molar-refractivity contribution in [3.8, 4) is 0 Å². The zero-order chi connectivity index (χ0) is 13.1. The van der Waals surface area contributed by atoms with E-state index in [0.29, 0.717) is 5.56 Å². The highest BCUT2D eigenvalue weighted by Gasteiger charge is 2.22. The van der Waals surface area contributed by atoms with Gasteiger partial charge < -0.3 is 9.64 Å². The lowest BCUT2D eigenvalue weighted by Gasteiger charge is -2.32. The van der Waals surface area contributed by atoms with Crippen molar-refractivity contribution in [2.24, 2.45) is 5.92 Å². The Morgan fingerprint density at radius 1 is 1.50 bits per heavy atom. The number of rotatable bonds is 2. The van der Waals surface area contributed by atoms with E-state index in [-0.39, 0.29) is 5.97 Å². The van der Waals surface area contributed by atoms with Crippen LogP contribution in [0.1, 0.15) is 30.1 Å². The highest BCUT2D eigenvalue weighted by Crippen LogP contribution is 2.26. The minimum absolute atomic E-state index is 0.336. The number of aromatic nitrogens is 1. The lowest BCUT2D eigenvalue weighted by molar-refractivity contribution is 0.0601. The third-order valence-electron chi connectivity index (χ3n) is 3.32. The molecule has 0 amide bonds. The summed E-state index contributed by atoms with van der Waals surface area (Å²) in [6.45, 7) is 4.15. The Labute approximate surface area is 115 Å². The smallest absolute Gasteiger partial charge is 0.341 e. The van der Waals surface area contributed by atoms with Gasteiger partial charge in [-0.15, -0.1) is 0 Å². The minimum atomic E-state index is -0.336. The predicted molar refractivity (Wildman–Crippen MR) is 73.9 cm³/mol. The molecule has 0 N–H and O–H groups in total. The zero-order valence-electron chi connectivity index (χ0n) is 10.6. The molecule has 1 aliphatic rings. The van der Waals surface area contributed by atoms with Crippen LogP contribution < -0.4 is 4.90 Å². The Kier molecular flexibility index (Phi) is 4.22. The first-order valence-corrected chi connectivity index (χ1v) is 6.90. The third-order valence-corrected chi connectivity index (χ3v) is 3.76. The maximum atomic E-state index is 11.8. The Hall–Kier alpha value is -1.10. The van der Waals surface area contributed by atoms with Crippen molar-refractivity contribution in [3.63, 3.8) is 0 Å². The van der Waals surface area contributed by atoms with Gasteiger partial charge in [0.2, 0.25) is 0 Å². The number of hydrogen-bond donors (Lipinski definition) is 0. The molecule has 4 nitrogen and oxygen atoms in total. The number of carbonyl (C=O) groups is 1. The van der Waals surface area contributed by atoms with Gasteiger partial charge in [0, 0.05) is 23.8 Å². The summed E-state index contributed by atoms with van der Waals surface area (Å²) < 4.78 is 5.61. The topological polar surface area (TPSA) is 42.4 Å². The van der Waals surface area contributed by atoms with E-state index in [1.54, 1.807) is 12.3 Å². The highest BCUT2D eigenvalue weighted by molar-refractivity contribution is 9.10. The van der Waals surface area contributed by atoms with Gasteiger partial charge >= 0.3 is 5.97 Å². The molecule has 2 rings (SSSR count). The van der Waals surface area contributed by atoms with Gasteiger partial charge in [-0.1, -0.05) is 6.92 Å². The summed E-state index contributed by atoms with van der Waals surface area (Å²) in [6, 6.07) is 1.77. The fourth-order valence-corrected chi connectivity index (χ4v) is 2.50. The number of ether oxygens (including phenoxy) is 1. The number of anilines is 1. The average molecular weight is 313 g/mol. The van der Waals surface area contributed by atoms with Crippen LogP contribution in [0.4, 0.5) is 5.82 Å². The van der Waals surface area contributed by atoms with Crippen molar-refractivity contribution in [1.82, 2.24) is 4.98 Å². The number of piperidine rings is 1. The molecule has 0 radical (unpaired) electrons. The van der Waals surface area contributed by atoms with Gasteiger partial charge in [-0.3, -0.25) is 0 Å². The van der Waals surface area contributed by atoms with Crippen LogP contribution in [-0.4, -0.2) is 31.2 Å². The van der Waals surface area contributed by atoms with Crippen LogP contribution in [0, 0.1) is 5.92 Å². The van der Waals surface area contributed by atoms with E-state index in [0.717, 1.165) is 42.1 Å². The fourth-order valence-electron chi connectivity index (χ4n) is 2.16. The summed E-state index contributed by atoms with van der Waals surface area (Å²) in [6.07, 6.45) is 4.00. The Balaban J connectivity index is 2.29. The second-order valence-electron chi connectivity index (χ2n) is 4.69. The van der Waals surface area contributed by atoms with Gasteiger partial charge in [0.1, 0.15) is 11.4 Å². The second-order valence-corrected chi connectivity index (χ2v) is 5.60. The number of esters is 1. The fraction of sp³-hybridized carbons (Fsp3) is 0.538. The Bertz CT molecular complexity index is 443. The van der Waals surface area contributed by atoms with E-state index < -0.39 is 0 Å². The molecule has 18 heavy (non-hydrogen) atoms. The van der Waals surface area contributed by atoms with Gasteiger partial charge in [-0.25, -0.2) is 9.78 Å². The molecule has 0 saturated carbocycles. The molecular weight excluding hydrogens is 296 g/mol. The standard InChI is InChI=1S/C13H17BrN2O2/c1-9-3-5-16(6-4-9)12-11(13(17)18-2)7-10(14)8-15-12/h7-9H,3-6H2,1-2H3. The molecule has 1 aromatic rings. The second kappa shape index (κ2) is 5.69. The molecule has 0 unspecified atom stereocenters. The zero-order valence-corrected chi connectivity index (χ0v) is 12.2. The van der Waals surface area contributed by atoms with E-state index in [1.807, 2.05) is 0 Å². The summed E-state index contributed by atoms with van der Waals surface area (Å²) in [5, 5.41) is 0. The van der Waals surface area contributed by atoms with Crippen molar-refractivity contribution in [1.29, 1.82) is 0 Å². The minimum Gasteiger partial charge on any atom is -0.465 e. The molecule has 1 fully saturated rings. The summed E-state index contributed by atoms with van der Waals surface area (Å²) in [7, 11) is 1.39. The lowest BCUT2D eigenvalue weighted by Crippen LogP contribution is -2.34. The maximum absolute atomic E-state index is 11.8. The van der Waals surface area contributed by atoms with Crippen LogP contribution in [0.2, 0.25) is 0 Å². The van der Waals surface area contributed by atoms with Gasteiger partial charge in [0.15, 0.2) is 0 Å². The summed E-state index contributed by atoms with van der Waals surface area (Å²) in [5.74, 6) is 1.15. The van der Waals surface area contributed by atoms with Crippen molar-refractivity contribution < 1.29 is 9.53 Å². The molecule has 0 aliphatic carbocycles. The average Bonchev–Trinajstić information content (AvgIpc) is 2.39. The van der Waals surface area contributed by atoms with Crippen molar-refractivity contribution in [2.45, 2.75) is 19.8 Å². The first-order valence-electron chi connectivity index (χ1n) is 6.10. The Morgan fingerprint density at radius 2 is 2.17 bits per heavy atom. The van der Waals surface area contributed by atoms with Crippen LogP contribution in [-0.2, 0) is 4.74 Å². The summed E-state index contributed by atoms with van der Waals surface area (Å²) in [4.78, 5) is 18.3. The first-order chi connectivity index (χ1) is 8.61. The van der Waals surface area contributed by atoms with Crippen molar-refractivity contribution in [2.75, 3.05) is 25.1 Å². The number of methoxy groups -OCH3 is 1. The largest absolute Gasteiger partial charge is 0.465 e. The van der Waals surface area contributed by atoms with Crippen LogP contribution in [0.15, 0.2) is 16.7 Å². The molecular formula is C13H17BrN2O2. The third kappa shape index (κ3) is 2.83. The number of hydrogen-bond acceptors (Lipinski definition) is 4. The first kappa shape index (κ1) is 13.3. The van der Waals surface area contributed by atoms with Gasteiger partial charge in [0.05, 0.1) is 7.11 Å². The molecule has 5 heteroatoms. The molecule has 98 valence electrons. The van der Waals surface area contributed by atoms with Crippen LogP contribution in [0.5, 0.6) is 0 Å². The van der Waals surface area contributed by atoms with E-state index in [9.17, 15) is 4.79 Å². The van der Waals surface area contributed by atoms with Crippen molar-refractivity contribution >= 4 is 27.7 Å². The Morgan fingerprint density at radius 3 is 2.78 bits per heavy atom. The van der Waals surface area contributed by atoms with E-state index in [4.69, 9.17) is 4.74 Å². The molecule has 0 aromatic carbocycles. The maximum Gasteiger partial charge on any atom is 0.341 e. The van der Waals surface area contributed by atoms with Gasteiger partial charge in [-0.2, -0.15) is 0 Å². The lowest BCUT2D eigenvalue weighted by atomic mass is 9.99. The molecule has 2 heterocycles. The number of carbonyl (C=O) groups excluding carboxylic acids is 1. The summed E-state index contributed by atoms with van der Waals surface area (Å²) in [5.41, 5.74) is 0.529. The SMILES string of the molecule is COC(=O)c1cc(Br)cnc1N1CCC(C)CC1. The van der Waals surface area contributed by atoms with Gasteiger partial charge in [-0.05, 0) is 40.8 Å². The number of pyridine rings is 1. The van der Waals surface area contributed by atoms with E-state index >= 15 is 0 Å². The van der Waals surface area contributed by atoms with Gasteiger partial charge in [0.25, 0.3) is 0 Å². The molecule has 0 spiro atoms. The van der Waals surface area contributed by atoms with Crippen LogP contribution >= 0.6 is 15.9 Å². The van der Waals surface area contributed by atoms with Crippen LogP contribution in [0.3, 0.4) is 0 Å². The van der Waals surface area contributed by atoms with E-state index in [1.165, 1.54) is 7.11 Å². The van der Waals surface area contributed by atoms with Crippen molar-refractivity contribution in [3.05, 3.63) is 22.3 Å². The number of halogens is 1. The predicted octanol–water partition coefficient (Wildman–Crippen LogP) is 2.87. The molecule has 0 atom stereocenters. The molecule has 1 saturated heterocycles. The summed E-state index contributed by atoms with van der Waals surface area (Å²) >= 11 is 3.34. The molecule has 1 aromatic heterocycles. The normalized spacial score (nSPS) is 16.7. The quantitative estimate of drug-likeness (QED) is 0.788.